The van der Waals surface area contributed by atoms with Crippen LogP contribution in [-0.2, 0) is 35.1 Å². The molecule has 1 saturated heterocycles. The lowest BCUT2D eigenvalue weighted by atomic mass is 9.77. The third kappa shape index (κ3) is 9.83. The first-order chi connectivity index (χ1) is 37.8. The molecule has 0 saturated carbocycles. The van der Waals surface area contributed by atoms with E-state index in [0.29, 0.717) is 22.9 Å². The Kier molecular flexibility index (Phi) is 14.7. The zero-order chi connectivity index (χ0) is 52.8. The summed E-state index contributed by atoms with van der Waals surface area (Å²) in [6.45, 7) is 0. The Labute approximate surface area is 461 Å². The molecule has 0 aliphatic carbocycles. The molecule has 0 radical (unpaired) electrons. The van der Waals surface area contributed by atoms with Crippen molar-refractivity contribution < 1.29 is 24.0 Å². The fourth-order valence-corrected chi connectivity index (χ4v) is 11.8. The van der Waals surface area contributed by atoms with Crippen LogP contribution in [0.3, 0.4) is 0 Å². The Bertz CT molecular complexity index is 3340. The molecule has 9 aromatic rings. The number of aromatic nitrogens is 1. The molecule has 2 amide bonds. The van der Waals surface area contributed by atoms with Gasteiger partial charge in [-0.1, -0.05) is 271 Å². The summed E-state index contributed by atoms with van der Waals surface area (Å²) in [7, 11) is 0. The lowest BCUT2D eigenvalue weighted by Crippen LogP contribution is -2.72. The van der Waals surface area contributed by atoms with Crippen molar-refractivity contribution in [3.63, 3.8) is 0 Å². The molecule has 380 valence electrons. The van der Waals surface area contributed by atoms with Gasteiger partial charge in [-0.25, -0.2) is 9.78 Å². The first-order valence-electron chi connectivity index (χ1n) is 25.2. The molecule has 2 unspecified atom stereocenters. The van der Waals surface area contributed by atoms with Crippen LogP contribution in [0, 0.1) is 0 Å². The van der Waals surface area contributed by atoms with E-state index in [0.717, 1.165) is 55.8 Å². The fraction of sp³-hybridized carbons (Fsp3) is 0.109. The third-order valence-corrected chi connectivity index (χ3v) is 15.7. The highest BCUT2D eigenvalue weighted by atomic mass is 35.5. The number of thiazole rings is 1. The number of allylic oxidation sites excluding steroid dienone is 1. The number of oxime groups is 1. The second-order valence-electron chi connectivity index (χ2n) is 18.6. The highest BCUT2D eigenvalue weighted by molar-refractivity contribution is 7.84. The van der Waals surface area contributed by atoms with Crippen LogP contribution >= 0.6 is 35.6 Å². The topological polar surface area (TPSA) is 122 Å². The number of carbonyl (C=O) groups is 3. The maximum atomic E-state index is 15.4. The number of rotatable bonds is 17. The van der Waals surface area contributed by atoms with Gasteiger partial charge in [0.2, 0.25) is 5.60 Å². The van der Waals surface area contributed by atoms with Crippen molar-refractivity contribution in [2.45, 2.75) is 42.2 Å². The number of amides is 2. The number of anilines is 1. The smallest absolute Gasteiger partial charge is 0.356 e. The average molecular weight is 1070 g/mol. The number of β-lactam (4-membered cyclic amide) rings is 1. The van der Waals surface area contributed by atoms with E-state index in [-0.39, 0.29) is 21.4 Å². The number of carbonyl (C=O) groups excluding carboxylic acids is 3. The first kappa shape index (κ1) is 50.6. The standard InChI is InChI=1S/C64H50ClN5O5S2/c65-58-54(67-62(77-58)68-63(45-29-13-3-14-30-45,46-31-15-4-16-32-46)47-33-17-5-18-34-47)55(69-75-64(48-35-19-6-20-36-48,49-37-21-7-22-38-49)50-39-23-8-24-40-50)59(71)66-53-51-41-42-52(76)56(70(51)60(53)72)61(73)74-57(43-25-9-1-10-26-43)44-27-11-2-12-28-44/h1-40,51,53,57,76H,41-42H2,(H,66,71)(H,67,68)/b69-55+. The van der Waals surface area contributed by atoms with Crippen LogP contribution in [-0.4, -0.2) is 45.5 Å². The number of nitrogens with zero attached hydrogens (tertiary/aromatic N) is 3. The van der Waals surface area contributed by atoms with Crippen molar-refractivity contribution in [2.75, 3.05) is 5.32 Å². The van der Waals surface area contributed by atoms with E-state index in [1.54, 1.807) is 0 Å². The largest absolute Gasteiger partial charge is 0.448 e. The molecule has 8 aromatic carbocycles. The summed E-state index contributed by atoms with van der Waals surface area (Å²) in [5, 5.41) is 12.0. The summed E-state index contributed by atoms with van der Waals surface area (Å²) < 4.78 is 6.40. The van der Waals surface area contributed by atoms with Gasteiger partial charge in [-0.2, -0.15) is 0 Å². The maximum Gasteiger partial charge on any atom is 0.356 e. The van der Waals surface area contributed by atoms with Gasteiger partial charge in [0, 0.05) is 21.6 Å². The van der Waals surface area contributed by atoms with Gasteiger partial charge in [0.1, 0.15) is 27.3 Å². The second-order valence-corrected chi connectivity index (χ2v) is 20.7. The molecule has 0 bridgehead atoms. The monoisotopic (exact) mass is 1070 g/mol. The zero-order valence-corrected chi connectivity index (χ0v) is 43.8. The minimum atomic E-state index is -1.41. The van der Waals surface area contributed by atoms with Crippen LogP contribution in [0.2, 0.25) is 4.34 Å². The van der Waals surface area contributed by atoms with Crippen LogP contribution < -0.4 is 10.6 Å². The lowest BCUT2D eigenvalue weighted by Gasteiger charge is -2.50. The lowest BCUT2D eigenvalue weighted by molar-refractivity contribution is -0.158. The molecule has 13 heteroatoms. The minimum absolute atomic E-state index is 0.0183. The highest BCUT2D eigenvalue weighted by Gasteiger charge is 2.54. The van der Waals surface area contributed by atoms with E-state index in [1.165, 1.54) is 4.90 Å². The Morgan fingerprint density at radius 3 is 1.45 bits per heavy atom. The molecular weight excluding hydrogens is 1020 g/mol. The van der Waals surface area contributed by atoms with Crippen molar-refractivity contribution in [1.29, 1.82) is 0 Å². The predicted octanol–water partition coefficient (Wildman–Crippen LogP) is 12.9. The molecule has 2 aliphatic rings. The summed E-state index contributed by atoms with van der Waals surface area (Å²) in [5.74, 6) is -2.00. The Balaban J connectivity index is 0.988. The van der Waals surface area contributed by atoms with Crippen LogP contribution in [0.4, 0.5) is 5.13 Å². The molecule has 2 aliphatic heterocycles. The summed E-state index contributed by atoms with van der Waals surface area (Å²) in [5.41, 5.74) is 3.86. The van der Waals surface area contributed by atoms with Crippen molar-refractivity contribution in [2.24, 2.45) is 5.16 Å². The number of hydrogen-bond donors (Lipinski definition) is 3. The molecule has 11 rings (SSSR count). The van der Waals surface area contributed by atoms with E-state index in [1.807, 2.05) is 206 Å². The van der Waals surface area contributed by atoms with E-state index >= 15 is 4.79 Å². The quantitative estimate of drug-likeness (QED) is 0.0207. The molecule has 10 nitrogen and oxygen atoms in total. The number of ether oxygens (including phenoxy) is 1. The SMILES string of the molecule is O=C(OC(c1ccccc1)c1ccccc1)C1=C(S)CCC2C(NC(=O)/C(=N/OC(c3ccccc3)(c3ccccc3)c3ccccc3)c3nc(NC(c4ccccc4)(c4ccccc4)c4ccccc4)sc3Cl)C(=O)N12. The number of halogens is 1. The van der Waals surface area contributed by atoms with Crippen LogP contribution in [0.15, 0.2) is 258 Å². The molecule has 1 aromatic heterocycles. The fourth-order valence-electron chi connectivity index (χ4n) is 10.4. The first-order valence-corrected chi connectivity index (χ1v) is 26.8. The summed E-state index contributed by atoms with van der Waals surface area (Å²) >= 11 is 13.2. The van der Waals surface area contributed by atoms with Gasteiger partial charge in [0.15, 0.2) is 16.9 Å². The van der Waals surface area contributed by atoms with E-state index in [2.05, 4.69) is 47.0 Å². The Morgan fingerprint density at radius 1 is 0.623 bits per heavy atom. The molecule has 0 spiro atoms. The van der Waals surface area contributed by atoms with Crippen molar-refractivity contribution in [1.82, 2.24) is 15.2 Å². The Morgan fingerprint density at radius 2 is 1.03 bits per heavy atom. The number of nitrogens with one attached hydrogen (secondary N) is 2. The van der Waals surface area contributed by atoms with E-state index in [9.17, 15) is 9.59 Å². The highest BCUT2D eigenvalue weighted by Crippen LogP contribution is 2.45. The molecule has 2 N–H and O–H groups in total. The van der Waals surface area contributed by atoms with Crippen LogP contribution in [0.1, 0.15) is 69.1 Å². The minimum Gasteiger partial charge on any atom is -0.448 e. The van der Waals surface area contributed by atoms with E-state index in [4.69, 9.17) is 43.9 Å². The third-order valence-electron chi connectivity index (χ3n) is 14.1. The zero-order valence-electron chi connectivity index (χ0n) is 41.4. The number of benzene rings is 8. The normalized spacial score (nSPS) is 15.5. The average Bonchev–Trinajstić information content (AvgIpc) is 3.88. The number of hydrogen-bond acceptors (Lipinski definition) is 10. The summed E-state index contributed by atoms with van der Waals surface area (Å²) in [4.78, 5) is 58.3. The molecule has 77 heavy (non-hydrogen) atoms. The molecule has 2 atom stereocenters. The number of thiol groups is 1. The number of fused-ring (bicyclic) bond motifs is 1. The van der Waals surface area contributed by atoms with Gasteiger partial charge in [-0.15, -0.1) is 12.6 Å². The predicted molar refractivity (Wildman–Crippen MR) is 305 cm³/mol. The maximum absolute atomic E-state index is 15.4. The molecular formula is C64H50ClN5O5S2. The van der Waals surface area contributed by atoms with Crippen LogP contribution in [0.25, 0.3) is 0 Å². The van der Waals surface area contributed by atoms with Gasteiger partial charge < -0.3 is 20.2 Å². The summed E-state index contributed by atoms with van der Waals surface area (Å²) in [6, 6.07) is 76.3. The van der Waals surface area contributed by atoms with Gasteiger partial charge in [0.25, 0.3) is 11.8 Å². The van der Waals surface area contributed by atoms with Gasteiger partial charge >= 0.3 is 5.97 Å². The molecule has 3 heterocycles. The number of esters is 1. The Hall–Kier alpha value is -8.55. The van der Waals surface area contributed by atoms with Crippen molar-refractivity contribution in [3.8, 4) is 0 Å². The van der Waals surface area contributed by atoms with Crippen molar-refractivity contribution in [3.05, 3.63) is 308 Å². The van der Waals surface area contributed by atoms with Gasteiger partial charge in [-0.3, -0.25) is 14.5 Å². The molecule has 1 fully saturated rings. The van der Waals surface area contributed by atoms with Crippen molar-refractivity contribution >= 4 is 64.2 Å². The second kappa shape index (κ2) is 22.3. The van der Waals surface area contributed by atoms with Gasteiger partial charge in [-0.05, 0) is 40.7 Å². The summed E-state index contributed by atoms with van der Waals surface area (Å²) in [6.07, 6.45) is -0.00641. The van der Waals surface area contributed by atoms with Crippen LogP contribution in [0.5, 0.6) is 0 Å². The van der Waals surface area contributed by atoms with E-state index < -0.39 is 47.1 Å². The van der Waals surface area contributed by atoms with Gasteiger partial charge in [0.05, 0.1) is 6.04 Å².